The maximum Gasteiger partial charge on any atom is 0.119 e. The fourth-order valence-electron chi connectivity index (χ4n) is 3.07. The SMILES string of the molecule is CCc1cccc(OCC(O)CNCC2CCCC2C)c1. The van der Waals surface area contributed by atoms with Gasteiger partial charge in [-0.25, -0.2) is 0 Å². The summed E-state index contributed by atoms with van der Waals surface area (Å²) in [5, 5.41) is 13.4. The molecule has 0 aliphatic heterocycles. The number of aliphatic hydroxyl groups is 1. The normalized spacial score (nSPS) is 23.2. The third-order valence-corrected chi connectivity index (χ3v) is 4.57. The second kappa shape index (κ2) is 8.40. The van der Waals surface area contributed by atoms with Crippen LogP contribution in [-0.2, 0) is 6.42 Å². The molecule has 0 bridgehead atoms. The molecule has 0 spiro atoms. The van der Waals surface area contributed by atoms with Crippen LogP contribution in [0.3, 0.4) is 0 Å². The molecule has 0 heterocycles. The van der Waals surface area contributed by atoms with Crippen LogP contribution in [0.15, 0.2) is 24.3 Å². The van der Waals surface area contributed by atoms with Crippen molar-refractivity contribution in [2.75, 3.05) is 19.7 Å². The van der Waals surface area contributed by atoms with E-state index < -0.39 is 6.10 Å². The lowest BCUT2D eigenvalue weighted by molar-refractivity contribution is 0.105. The van der Waals surface area contributed by atoms with E-state index in [1.165, 1.54) is 24.8 Å². The molecule has 1 aromatic carbocycles. The highest BCUT2D eigenvalue weighted by Crippen LogP contribution is 2.30. The number of hydrogen-bond donors (Lipinski definition) is 2. The molecule has 1 aromatic rings. The van der Waals surface area contributed by atoms with Crippen molar-refractivity contribution in [1.29, 1.82) is 0 Å². The highest BCUT2D eigenvalue weighted by atomic mass is 16.5. The molecule has 1 fully saturated rings. The van der Waals surface area contributed by atoms with E-state index in [0.29, 0.717) is 13.2 Å². The Hall–Kier alpha value is -1.06. The van der Waals surface area contributed by atoms with Crippen LogP contribution in [0, 0.1) is 11.8 Å². The number of hydrogen-bond acceptors (Lipinski definition) is 3. The number of ether oxygens (including phenoxy) is 1. The molecule has 118 valence electrons. The van der Waals surface area contributed by atoms with Gasteiger partial charge in [-0.15, -0.1) is 0 Å². The molecule has 2 rings (SSSR count). The molecular formula is C18H29NO2. The maximum absolute atomic E-state index is 9.99. The lowest BCUT2D eigenvalue weighted by atomic mass is 9.98. The first-order chi connectivity index (χ1) is 10.2. The highest BCUT2D eigenvalue weighted by molar-refractivity contribution is 5.28. The largest absolute Gasteiger partial charge is 0.491 e. The fraction of sp³-hybridized carbons (Fsp3) is 0.667. The number of rotatable bonds is 8. The van der Waals surface area contributed by atoms with Crippen molar-refractivity contribution < 1.29 is 9.84 Å². The van der Waals surface area contributed by atoms with Crippen molar-refractivity contribution in [1.82, 2.24) is 5.32 Å². The lowest BCUT2D eigenvalue weighted by Crippen LogP contribution is -2.34. The Morgan fingerprint density at radius 1 is 1.38 bits per heavy atom. The Labute approximate surface area is 128 Å². The van der Waals surface area contributed by atoms with E-state index in [-0.39, 0.29) is 0 Å². The molecule has 3 heteroatoms. The molecule has 1 aliphatic rings. The second-order valence-electron chi connectivity index (χ2n) is 6.29. The molecule has 0 saturated heterocycles. The number of aliphatic hydroxyl groups excluding tert-OH is 1. The molecule has 3 unspecified atom stereocenters. The van der Waals surface area contributed by atoms with Crippen LogP contribution in [0.5, 0.6) is 5.75 Å². The summed E-state index contributed by atoms with van der Waals surface area (Å²) in [6.45, 7) is 6.43. The summed E-state index contributed by atoms with van der Waals surface area (Å²) in [4.78, 5) is 0. The highest BCUT2D eigenvalue weighted by Gasteiger charge is 2.22. The van der Waals surface area contributed by atoms with E-state index in [2.05, 4.69) is 25.2 Å². The van der Waals surface area contributed by atoms with Gasteiger partial charge in [0.15, 0.2) is 0 Å². The number of aryl methyl sites for hydroxylation is 1. The molecule has 1 saturated carbocycles. The van der Waals surface area contributed by atoms with Crippen LogP contribution in [-0.4, -0.2) is 30.9 Å². The summed E-state index contributed by atoms with van der Waals surface area (Å²) < 4.78 is 5.66. The minimum atomic E-state index is -0.452. The van der Waals surface area contributed by atoms with Crippen molar-refractivity contribution in [3.63, 3.8) is 0 Å². The molecule has 0 amide bonds. The van der Waals surface area contributed by atoms with Gasteiger partial charge >= 0.3 is 0 Å². The van der Waals surface area contributed by atoms with Gasteiger partial charge in [0, 0.05) is 6.54 Å². The quantitative estimate of drug-likeness (QED) is 0.773. The zero-order valence-electron chi connectivity index (χ0n) is 13.3. The molecule has 0 radical (unpaired) electrons. The first-order valence-corrected chi connectivity index (χ1v) is 8.29. The van der Waals surface area contributed by atoms with E-state index in [0.717, 1.165) is 30.6 Å². The summed E-state index contributed by atoms with van der Waals surface area (Å²) in [7, 11) is 0. The summed E-state index contributed by atoms with van der Waals surface area (Å²) in [5.74, 6) is 2.44. The van der Waals surface area contributed by atoms with Gasteiger partial charge in [0.05, 0.1) is 0 Å². The average Bonchev–Trinajstić information content (AvgIpc) is 2.91. The van der Waals surface area contributed by atoms with Crippen LogP contribution in [0.25, 0.3) is 0 Å². The van der Waals surface area contributed by atoms with Gasteiger partial charge < -0.3 is 15.2 Å². The lowest BCUT2D eigenvalue weighted by Gasteiger charge is -2.18. The van der Waals surface area contributed by atoms with Crippen molar-refractivity contribution in [2.45, 2.75) is 45.6 Å². The van der Waals surface area contributed by atoms with E-state index >= 15 is 0 Å². The fourth-order valence-corrected chi connectivity index (χ4v) is 3.07. The van der Waals surface area contributed by atoms with Gasteiger partial charge in [0.25, 0.3) is 0 Å². The zero-order valence-corrected chi connectivity index (χ0v) is 13.3. The number of nitrogens with one attached hydrogen (secondary N) is 1. The van der Waals surface area contributed by atoms with Crippen LogP contribution in [0.2, 0.25) is 0 Å². The van der Waals surface area contributed by atoms with Crippen molar-refractivity contribution in [3.8, 4) is 5.75 Å². The molecule has 1 aliphatic carbocycles. The average molecular weight is 291 g/mol. The van der Waals surface area contributed by atoms with Gasteiger partial charge in [0.2, 0.25) is 0 Å². The maximum atomic E-state index is 9.99. The predicted octanol–water partition coefficient (Wildman–Crippen LogP) is 3.01. The van der Waals surface area contributed by atoms with Crippen LogP contribution >= 0.6 is 0 Å². The van der Waals surface area contributed by atoms with Crippen LogP contribution in [0.4, 0.5) is 0 Å². The van der Waals surface area contributed by atoms with Gasteiger partial charge in [0.1, 0.15) is 18.5 Å². The van der Waals surface area contributed by atoms with Crippen LogP contribution < -0.4 is 10.1 Å². The van der Waals surface area contributed by atoms with E-state index in [4.69, 9.17) is 4.74 Å². The second-order valence-corrected chi connectivity index (χ2v) is 6.29. The third-order valence-electron chi connectivity index (χ3n) is 4.57. The summed E-state index contributed by atoms with van der Waals surface area (Å²) in [5.41, 5.74) is 1.26. The van der Waals surface area contributed by atoms with Crippen molar-refractivity contribution >= 4 is 0 Å². The summed E-state index contributed by atoms with van der Waals surface area (Å²) in [6, 6.07) is 8.08. The molecular weight excluding hydrogens is 262 g/mol. The Bertz CT molecular complexity index is 421. The first kappa shape index (κ1) is 16.3. The standard InChI is InChI=1S/C18H29NO2/c1-3-15-7-5-9-18(10-15)21-13-17(20)12-19-11-16-8-4-6-14(16)2/h5,7,9-10,14,16-17,19-20H,3-4,6,8,11-13H2,1-2H3. The molecule has 2 N–H and O–H groups in total. The van der Waals surface area contributed by atoms with Gasteiger partial charge in [-0.05, 0) is 48.9 Å². The van der Waals surface area contributed by atoms with E-state index in [1.807, 2.05) is 18.2 Å². The summed E-state index contributed by atoms with van der Waals surface area (Å²) >= 11 is 0. The Balaban J connectivity index is 1.63. The van der Waals surface area contributed by atoms with Gasteiger partial charge in [-0.2, -0.15) is 0 Å². The van der Waals surface area contributed by atoms with E-state index in [9.17, 15) is 5.11 Å². The molecule has 0 aromatic heterocycles. The third kappa shape index (κ3) is 5.33. The topological polar surface area (TPSA) is 41.5 Å². The van der Waals surface area contributed by atoms with E-state index in [1.54, 1.807) is 0 Å². The Morgan fingerprint density at radius 2 is 2.24 bits per heavy atom. The zero-order chi connectivity index (χ0) is 15.1. The minimum absolute atomic E-state index is 0.348. The molecule has 3 atom stereocenters. The van der Waals surface area contributed by atoms with Crippen LogP contribution in [0.1, 0.15) is 38.7 Å². The predicted molar refractivity (Wildman–Crippen MR) is 86.7 cm³/mol. The Morgan fingerprint density at radius 3 is 2.95 bits per heavy atom. The number of benzene rings is 1. The first-order valence-electron chi connectivity index (χ1n) is 8.29. The van der Waals surface area contributed by atoms with Crippen molar-refractivity contribution in [2.24, 2.45) is 11.8 Å². The smallest absolute Gasteiger partial charge is 0.119 e. The van der Waals surface area contributed by atoms with Gasteiger partial charge in [-0.1, -0.05) is 38.8 Å². The Kier molecular flexibility index (Phi) is 6.52. The minimum Gasteiger partial charge on any atom is -0.491 e. The summed E-state index contributed by atoms with van der Waals surface area (Å²) in [6.07, 6.45) is 4.58. The van der Waals surface area contributed by atoms with Crippen molar-refractivity contribution in [3.05, 3.63) is 29.8 Å². The monoisotopic (exact) mass is 291 g/mol. The molecule has 3 nitrogen and oxygen atoms in total. The molecule has 21 heavy (non-hydrogen) atoms. The van der Waals surface area contributed by atoms with Gasteiger partial charge in [-0.3, -0.25) is 0 Å².